The highest BCUT2D eigenvalue weighted by Gasteiger charge is 2.54. The van der Waals surface area contributed by atoms with Crippen molar-refractivity contribution in [1.29, 1.82) is 0 Å². The second kappa shape index (κ2) is 6.49. The Morgan fingerprint density at radius 2 is 1.77 bits per heavy atom. The van der Waals surface area contributed by atoms with Crippen LogP contribution in [-0.4, -0.2) is 67.4 Å². The smallest absolute Gasteiger partial charge is 0.334 e. The first-order chi connectivity index (χ1) is 10.3. The molecule has 2 heterocycles. The predicted octanol–water partition coefficient (Wildman–Crippen LogP) is -0.666. The molecule has 0 amide bonds. The number of carbonyl (C=O) groups excluding carboxylic acids is 2. The number of aliphatic hydroxyl groups is 1. The van der Waals surface area contributed by atoms with Gasteiger partial charge in [0.1, 0.15) is 12.2 Å². The van der Waals surface area contributed by atoms with Gasteiger partial charge in [-0.15, -0.1) is 0 Å². The second-order valence-electron chi connectivity index (χ2n) is 6.00. The van der Waals surface area contributed by atoms with Gasteiger partial charge in [-0.2, -0.15) is 0 Å². The summed E-state index contributed by atoms with van der Waals surface area (Å²) >= 11 is 0. The van der Waals surface area contributed by atoms with Gasteiger partial charge in [0.2, 0.25) is 0 Å². The van der Waals surface area contributed by atoms with Gasteiger partial charge >= 0.3 is 11.9 Å². The van der Waals surface area contributed by atoms with Crippen LogP contribution in [0.1, 0.15) is 26.7 Å². The maximum atomic E-state index is 11.5. The van der Waals surface area contributed by atoms with Crippen molar-refractivity contribution in [2.75, 3.05) is 14.2 Å². The fourth-order valence-electron chi connectivity index (χ4n) is 3.02. The average Bonchev–Trinajstić information content (AvgIpc) is 2.93. The first-order valence-corrected chi connectivity index (χ1v) is 7.22. The Bertz CT molecular complexity index is 439. The molecular formula is C14H23NO7. The molecule has 22 heavy (non-hydrogen) atoms. The van der Waals surface area contributed by atoms with Crippen molar-refractivity contribution in [2.45, 2.75) is 62.9 Å². The summed E-state index contributed by atoms with van der Waals surface area (Å²) in [5, 5.41) is 13.0. The first kappa shape index (κ1) is 17.1. The summed E-state index contributed by atoms with van der Waals surface area (Å²) < 4.78 is 20.9. The summed E-state index contributed by atoms with van der Waals surface area (Å²) in [6.45, 7) is 3.57. The molecule has 8 nitrogen and oxygen atoms in total. The lowest BCUT2D eigenvalue weighted by Gasteiger charge is -2.25. The van der Waals surface area contributed by atoms with Gasteiger partial charge in [-0.05, 0) is 13.8 Å². The normalized spacial score (nSPS) is 34.0. The van der Waals surface area contributed by atoms with Crippen molar-refractivity contribution in [1.82, 2.24) is 5.32 Å². The molecule has 0 aromatic carbocycles. The topological polar surface area (TPSA) is 103 Å². The zero-order chi connectivity index (χ0) is 16.5. The standard InChI is InChI=1S/C14H23NO7/c1-14(2)21-11-7(5-9(16)13(18)20-4)15-8(12(11)22-14)6-10(17)19-3/h7-9,11-12,15-16H,5-6H2,1-4H3/t7-,8+,9-,11-,12+/m0/s1. The maximum Gasteiger partial charge on any atom is 0.334 e. The van der Waals surface area contributed by atoms with Crippen molar-refractivity contribution in [3.63, 3.8) is 0 Å². The molecule has 0 bridgehead atoms. The summed E-state index contributed by atoms with van der Waals surface area (Å²) in [5.41, 5.74) is 0. The van der Waals surface area contributed by atoms with E-state index in [4.69, 9.17) is 9.47 Å². The fourth-order valence-corrected chi connectivity index (χ4v) is 3.02. The minimum atomic E-state index is -1.26. The molecule has 2 aliphatic rings. The van der Waals surface area contributed by atoms with E-state index < -0.39 is 17.9 Å². The molecule has 0 spiro atoms. The largest absolute Gasteiger partial charge is 0.469 e. The molecule has 0 aromatic rings. The number of rotatable bonds is 5. The van der Waals surface area contributed by atoms with Gasteiger partial charge in [-0.1, -0.05) is 0 Å². The van der Waals surface area contributed by atoms with Crippen molar-refractivity contribution in [3.8, 4) is 0 Å². The van der Waals surface area contributed by atoms with Gasteiger partial charge in [0.15, 0.2) is 11.9 Å². The summed E-state index contributed by atoms with van der Waals surface area (Å²) in [4.78, 5) is 22.9. The number of hydrogen-bond acceptors (Lipinski definition) is 8. The van der Waals surface area contributed by atoms with Crippen molar-refractivity contribution < 1.29 is 33.6 Å². The number of ether oxygens (including phenoxy) is 4. The predicted molar refractivity (Wildman–Crippen MR) is 73.8 cm³/mol. The van der Waals surface area contributed by atoms with E-state index in [0.29, 0.717) is 0 Å². The van der Waals surface area contributed by atoms with E-state index in [-0.39, 0.29) is 43.1 Å². The Morgan fingerprint density at radius 1 is 1.18 bits per heavy atom. The molecule has 0 aliphatic carbocycles. The molecule has 0 unspecified atom stereocenters. The third-order valence-electron chi connectivity index (χ3n) is 3.95. The van der Waals surface area contributed by atoms with Crippen molar-refractivity contribution in [3.05, 3.63) is 0 Å². The van der Waals surface area contributed by atoms with Crippen LogP contribution in [0.5, 0.6) is 0 Å². The third-order valence-corrected chi connectivity index (χ3v) is 3.95. The highest BCUT2D eigenvalue weighted by atomic mass is 16.8. The average molecular weight is 317 g/mol. The highest BCUT2D eigenvalue weighted by Crippen LogP contribution is 2.37. The van der Waals surface area contributed by atoms with Crippen molar-refractivity contribution >= 4 is 11.9 Å². The first-order valence-electron chi connectivity index (χ1n) is 7.22. The molecule has 126 valence electrons. The monoisotopic (exact) mass is 317 g/mol. The van der Waals surface area contributed by atoms with Crippen LogP contribution in [0.25, 0.3) is 0 Å². The van der Waals surface area contributed by atoms with Crippen LogP contribution in [0, 0.1) is 0 Å². The second-order valence-corrected chi connectivity index (χ2v) is 6.00. The lowest BCUT2D eigenvalue weighted by Crippen LogP contribution is -2.42. The van der Waals surface area contributed by atoms with Gasteiger partial charge in [0.05, 0.1) is 20.6 Å². The molecule has 2 aliphatic heterocycles. The lowest BCUT2D eigenvalue weighted by molar-refractivity contribution is -0.162. The molecule has 2 rings (SSSR count). The van der Waals surface area contributed by atoms with Crippen LogP contribution in [0.4, 0.5) is 0 Å². The number of fused-ring (bicyclic) bond motifs is 1. The van der Waals surface area contributed by atoms with Gasteiger partial charge in [-0.3, -0.25) is 4.79 Å². The Balaban J connectivity index is 2.08. The Hall–Kier alpha value is -1.22. The molecule has 0 saturated carbocycles. The molecule has 0 aromatic heterocycles. The van der Waals surface area contributed by atoms with Gasteiger partial charge < -0.3 is 29.4 Å². The maximum absolute atomic E-state index is 11.5. The van der Waals surface area contributed by atoms with E-state index in [1.54, 1.807) is 13.8 Å². The SMILES string of the molecule is COC(=O)C[C@H]1N[C@@H](C[C@H](O)C(=O)OC)[C@@H]2OC(C)(C)O[C@@H]21. The van der Waals surface area contributed by atoms with E-state index in [2.05, 4.69) is 14.8 Å². The zero-order valence-electron chi connectivity index (χ0n) is 13.2. The summed E-state index contributed by atoms with van der Waals surface area (Å²) in [7, 11) is 2.54. The molecule has 5 atom stereocenters. The molecule has 8 heteroatoms. The van der Waals surface area contributed by atoms with Gasteiger partial charge in [0, 0.05) is 18.5 Å². The summed E-state index contributed by atoms with van der Waals surface area (Å²) in [6, 6.07) is -0.621. The zero-order valence-corrected chi connectivity index (χ0v) is 13.2. The van der Waals surface area contributed by atoms with E-state index in [1.165, 1.54) is 14.2 Å². The highest BCUT2D eigenvalue weighted by molar-refractivity contribution is 5.74. The lowest BCUT2D eigenvalue weighted by atomic mass is 10.0. The number of esters is 2. The van der Waals surface area contributed by atoms with E-state index in [1.807, 2.05) is 0 Å². The molecule has 2 N–H and O–H groups in total. The van der Waals surface area contributed by atoms with E-state index in [9.17, 15) is 14.7 Å². The summed E-state index contributed by atoms with van der Waals surface area (Å²) in [5.74, 6) is -1.84. The molecule has 0 radical (unpaired) electrons. The Kier molecular flexibility index (Phi) is 5.06. The fraction of sp³-hybridized carbons (Fsp3) is 0.857. The Morgan fingerprint density at radius 3 is 2.32 bits per heavy atom. The number of carbonyl (C=O) groups is 2. The number of methoxy groups -OCH3 is 2. The van der Waals surface area contributed by atoms with Crippen LogP contribution in [-0.2, 0) is 28.5 Å². The molecule has 2 fully saturated rings. The minimum absolute atomic E-state index is 0.116. The Labute approximate surface area is 129 Å². The van der Waals surface area contributed by atoms with Crippen LogP contribution in [0.2, 0.25) is 0 Å². The van der Waals surface area contributed by atoms with E-state index >= 15 is 0 Å². The van der Waals surface area contributed by atoms with Crippen LogP contribution in [0.3, 0.4) is 0 Å². The number of hydrogen-bond donors (Lipinski definition) is 2. The third kappa shape index (κ3) is 3.57. The van der Waals surface area contributed by atoms with Gasteiger partial charge in [-0.25, -0.2) is 4.79 Å². The van der Waals surface area contributed by atoms with Crippen LogP contribution < -0.4 is 5.32 Å². The number of aliphatic hydroxyl groups excluding tert-OH is 1. The van der Waals surface area contributed by atoms with Crippen molar-refractivity contribution in [2.24, 2.45) is 0 Å². The van der Waals surface area contributed by atoms with Gasteiger partial charge in [0.25, 0.3) is 0 Å². The van der Waals surface area contributed by atoms with Crippen LogP contribution in [0.15, 0.2) is 0 Å². The van der Waals surface area contributed by atoms with E-state index in [0.717, 1.165) is 0 Å². The quantitative estimate of drug-likeness (QED) is 0.644. The molecule has 2 saturated heterocycles. The minimum Gasteiger partial charge on any atom is -0.469 e. The molecular weight excluding hydrogens is 294 g/mol. The van der Waals surface area contributed by atoms with Crippen LogP contribution >= 0.6 is 0 Å². The summed E-state index contributed by atoms with van der Waals surface area (Å²) in [6.07, 6.45) is -1.72. The number of nitrogens with one attached hydrogen (secondary N) is 1.